The van der Waals surface area contributed by atoms with E-state index in [1.807, 2.05) is 30.0 Å². The van der Waals surface area contributed by atoms with Crippen molar-refractivity contribution >= 4 is 11.9 Å². The number of anilines is 1. The predicted octanol–water partition coefficient (Wildman–Crippen LogP) is 1.49. The van der Waals surface area contributed by atoms with E-state index in [9.17, 15) is 4.79 Å². The minimum atomic E-state index is -0.146. The van der Waals surface area contributed by atoms with Gasteiger partial charge in [-0.3, -0.25) is 4.79 Å². The minimum Gasteiger partial charge on any atom is -0.368 e. The quantitative estimate of drug-likeness (QED) is 0.842. The van der Waals surface area contributed by atoms with Crippen LogP contribution in [-0.4, -0.2) is 54.6 Å². The predicted molar refractivity (Wildman–Crippen MR) is 86.0 cm³/mol. The van der Waals surface area contributed by atoms with Gasteiger partial charge in [0.05, 0.1) is 18.8 Å². The number of carbonyl (C=O) groups is 1. The highest BCUT2D eigenvalue weighted by Gasteiger charge is 2.52. The monoisotopic (exact) mass is 316 g/mol. The van der Waals surface area contributed by atoms with Crippen LogP contribution in [0.25, 0.3) is 0 Å². The van der Waals surface area contributed by atoms with Crippen molar-refractivity contribution in [1.29, 1.82) is 0 Å². The maximum absolute atomic E-state index is 12.7. The molecule has 0 aromatic carbocycles. The number of hydrogen-bond donors (Lipinski definition) is 0. The van der Waals surface area contributed by atoms with Gasteiger partial charge in [0.1, 0.15) is 6.10 Å². The minimum absolute atomic E-state index is 0.146. The Morgan fingerprint density at radius 3 is 2.96 bits per heavy atom. The zero-order valence-corrected chi connectivity index (χ0v) is 13.8. The van der Waals surface area contributed by atoms with Crippen LogP contribution in [-0.2, 0) is 9.53 Å². The molecule has 3 atom stereocenters. The second-order valence-corrected chi connectivity index (χ2v) is 7.16. The van der Waals surface area contributed by atoms with Crippen LogP contribution in [0.3, 0.4) is 0 Å². The van der Waals surface area contributed by atoms with Crippen LogP contribution in [0.5, 0.6) is 0 Å². The Hall–Kier alpha value is -1.69. The van der Waals surface area contributed by atoms with Crippen molar-refractivity contribution in [1.82, 2.24) is 14.9 Å². The number of hydrogen-bond acceptors (Lipinski definition) is 5. The third kappa shape index (κ3) is 3.04. The molecule has 0 spiro atoms. The molecule has 1 saturated heterocycles. The average Bonchev–Trinajstić information content (AvgIpc) is 3.46. The van der Waals surface area contributed by atoms with Crippen LogP contribution in [0, 0.1) is 17.8 Å². The third-order valence-corrected chi connectivity index (χ3v) is 5.16. The SMILES string of the molecule is CN(C)c1nccc([C@@H]2CN(C(=O)[C@H]3C[C@@H]3C3CC3)CCO2)n1. The van der Waals surface area contributed by atoms with Crippen LogP contribution in [0.1, 0.15) is 31.1 Å². The Balaban J connectivity index is 1.42. The molecule has 0 N–H and O–H groups in total. The first-order valence-electron chi connectivity index (χ1n) is 8.54. The maximum atomic E-state index is 12.7. The smallest absolute Gasteiger partial charge is 0.226 e. The summed E-state index contributed by atoms with van der Waals surface area (Å²) in [5.74, 6) is 2.79. The summed E-state index contributed by atoms with van der Waals surface area (Å²) in [6, 6.07) is 1.88. The normalized spacial score (nSPS) is 30.2. The summed E-state index contributed by atoms with van der Waals surface area (Å²) in [5, 5.41) is 0. The van der Waals surface area contributed by atoms with E-state index in [-0.39, 0.29) is 12.0 Å². The van der Waals surface area contributed by atoms with Crippen molar-refractivity contribution in [3.63, 3.8) is 0 Å². The molecule has 124 valence electrons. The van der Waals surface area contributed by atoms with E-state index in [0.717, 1.165) is 18.0 Å². The average molecular weight is 316 g/mol. The molecular formula is C17H24N4O2. The largest absolute Gasteiger partial charge is 0.368 e. The maximum Gasteiger partial charge on any atom is 0.226 e. The molecule has 6 heteroatoms. The van der Waals surface area contributed by atoms with Crippen molar-refractivity contribution in [3.05, 3.63) is 18.0 Å². The van der Waals surface area contributed by atoms with Crippen LogP contribution >= 0.6 is 0 Å². The molecule has 3 fully saturated rings. The highest BCUT2D eigenvalue weighted by molar-refractivity contribution is 5.82. The van der Waals surface area contributed by atoms with Gasteiger partial charge in [-0.1, -0.05) is 0 Å². The number of aromatic nitrogens is 2. The van der Waals surface area contributed by atoms with Crippen molar-refractivity contribution < 1.29 is 9.53 Å². The Labute approximate surface area is 136 Å². The molecule has 2 aliphatic carbocycles. The number of morpholine rings is 1. The fourth-order valence-electron chi connectivity index (χ4n) is 3.56. The Morgan fingerprint density at radius 2 is 2.22 bits per heavy atom. The van der Waals surface area contributed by atoms with E-state index in [1.54, 1.807) is 6.20 Å². The molecule has 2 saturated carbocycles. The molecule has 1 aromatic heterocycles. The standard InChI is InChI=1S/C17H24N4O2/c1-20(2)17-18-6-5-14(19-17)15-10-21(7-8-23-15)16(22)13-9-12(13)11-3-4-11/h5-6,11-13,15H,3-4,7-10H2,1-2H3/t12-,13+,15+/m1/s1. The van der Waals surface area contributed by atoms with Crippen molar-refractivity contribution in [2.75, 3.05) is 38.7 Å². The van der Waals surface area contributed by atoms with Gasteiger partial charge < -0.3 is 14.5 Å². The highest BCUT2D eigenvalue weighted by Crippen LogP contribution is 2.55. The molecule has 6 nitrogen and oxygen atoms in total. The summed E-state index contributed by atoms with van der Waals surface area (Å²) < 4.78 is 5.86. The van der Waals surface area contributed by atoms with E-state index in [0.29, 0.717) is 37.5 Å². The molecule has 0 bridgehead atoms. The van der Waals surface area contributed by atoms with Crippen LogP contribution in [0.15, 0.2) is 12.3 Å². The van der Waals surface area contributed by atoms with Crippen LogP contribution < -0.4 is 4.90 Å². The van der Waals surface area contributed by atoms with Gasteiger partial charge in [0.15, 0.2) is 0 Å². The molecule has 1 aromatic rings. The number of amides is 1. The van der Waals surface area contributed by atoms with E-state index >= 15 is 0 Å². The second kappa shape index (κ2) is 5.74. The lowest BCUT2D eigenvalue weighted by Gasteiger charge is -2.33. The highest BCUT2D eigenvalue weighted by atomic mass is 16.5. The summed E-state index contributed by atoms with van der Waals surface area (Å²) in [6.07, 6.45) is 5.37. The lowest BCUT2D eigenvalue weighted by molar-refractivity contribution is -0.141. The molecule has 2 heterocycles. The summed E-state index contributed by atoms with van der Waals surface area (Å²) in [7, 11) is 3.84. The fourth-order valence-corrected chi connectivity index (χ4v) is 3.56. The molecule has 1 aliphatic heterocycles. The zero-order valence-electron chi connectivity index (χ0n) is 13.8. The summed E-state index contributed by atoms with van der Waals surface area (Å²) in [5.41, 5.74) is 0.857. The number of carbonyl (C=O) groups excluding carboxylic acids is 1. The van der Waals surface area contributed by atoms with Crippen molar-refractivity contribution in [2.45, 2.75) is 25.4 Å². The molecule has 4 rings (SSSR count). The van der Waals surface area contributed by atoms with Gasteiger partial charge >= 0.3 is 0 Å². The van der Waals surface area contributed by atoms with E-state index < -0.39 is 0 Å². The van der Waals surface area contributed by atoms with Crippen molar-refractivity contribution in [2.24, 2.45) is 17.8 Å². The number of rotatable bonds is 4. The van der Waals surface area contributed by atoms with Gasteiger partial charge in [0.2, 0.25) is 11.9 Å². The molecule has 0 radical (unpaired) electrons. The summed E-state index contributed by atoms with van der Waals surface area (Å²) >= 11 is 0. The Morgan fingerprint density at radius 1 is 1.39 bits per heavy atom. The van der Waals surface area contributed by atoms with Gasteiger partial charge in [-0.2, -0.15) is 0 Å². The third-order valence-electron chi connectivity index (χ3n) is 5.16. The first kappa shape index (κ1) is 14.9. The topological polar surface area (TPSA) is 58.6 Å². The molecule has 0 unspecified atom stereocenters. The molecular weight excluding hydrogens is 292 g/mol. The summed E-state index contributed by atoms with van der Waals surface area (Å²) in [4.78, 5) is 25.3. The first-order chi connectivity index (χ1) is 11.1. The van der Waals surface area contributed by atoms with Gasteiger partial charge in [0, 0.05) is 32.8 Å². The van der Waals surface area contributed by atoms with E-state index in [4.69, 9.17) is 4.74 Å². The Kier molecular flexibility index (Phi) is 3.71. The van der Waals surface area contributed by atoms with E-state index in [2.05, 4.69) is 9.97 Å². The molecule has 1 amide bonds. The lowest BCUT2D eigenvalue weighted by atomic mass is 10.1. The van der Waals surface area contributed by atoms with E-state index in [1.165, 1.54) is 12.8 Å². The second-order valence-electron chi connectivity index (χ2n) is 7.16. The zero-order chi connectivity index (χ0) is 16.0. The van der Waals surface area contributed by atoms with Gasteiger partial charge in [-0.15, -0.1) is 0 Å². The van der Waals surface area contributed by atoms with Crippen LogP contribution in [0.4, 0.5) is 5.95 Å². The van der Waals surface area contributed by atoms with Crippen LogP contribution in [0.2, 0.25) is 0 Å². The molecule has 3 aliphatic rings. The van der Waals surface area contributed by atoms with Gasteiger partial charge in [-0.05, 0) is 37.2 Å². The number of nitrogens with zero attached hydrogens (tertiary/aromatic N) is 4. The molecule has 23 heavy (non-hydrogen) atoms. The van der Waals surface area contributed by atoms with Gasteiger partial charge in [-0.25, -0.2) is 9.97 Å². The first-order valence-corrected chi connectivity index (χ1v) is 8.54. The number of ether oxygens (including phenoxy) is 1. The lowest BCUT2D eigenvalue weighted by Crippen LogP contribution is -2.43. The summed E-state index contributed by atoms with van der Waals surface area (Å²) in [6.45, 7) is 1.89. The van der Waals surface area contributed by atoms with Gasteiger partial charge in [0.25, 0.3) is 0 Å². The Bertz CT molecular complexity index is 602. The van der Waals surface area contributed by atoms with Crippen molar-refractivity contribution in [3.8, 4) is 0 Å². The fraction of sp³-hybridized carbons (Fsp3) is 0.706.